The Morgan fingerprint density at radius 2 is 1.88 bits per heavy atom. The highest BCUT2D eigenvalue weighted by atomic mass is 32.1. The van der Waals surface area contributed by atoms with Crippen molar-refractivity contribution in [3.8, 4) is 0 Å². The van der Waals surface area contributed by atoms with Crippen molar-refractivity contribution in [3.63, 3.8) is 0 Å². The minimum absolute atomic E-state index is 0.907. The molecule has 0 radical (unpaired) electrons. The van der Waals surface area contributed by atoms with Crippen LogP contribution in [0.25, 0.3) is 0 Å². The zero-order valence-electron chi connectivity index (χ0n) is 9.38. The molecule has 3 heterocycles. The SMILES string of the molecule is c1csc(N2CC3CN(C4CC4)CC3C2)n1. The van der Waals surface area contributed by atoms with E-state index in [0.29, 0.717) is 0 Å². The summed E-state index contributed by atoms with van der Waals surface area (Å²) in [6.07, 6.45) is 4.83. The molecule has 16 heavy (non-hydrogen) atoms. The van der Waals surface area contributed by atoms with E-state index in [9.17, 15) is 0 Å². The van der Waals surface area contributed by atoms with E-state index in [2.05, 4.69) is 20.2 Å². The Hall–Kier alpha value is -0.610. The number of aromatic nitrogens is 1. The van der Waals surface area contributed by atoms with Gasteiger partial charge in [0.1, 0.15) is 0 Å². The highest BCUT2D eigenvalue weighted by molar-refractivity contribution is 7.13. The van der Waals surface area contributed by atoms with Gasteiger partial charge in [-0.25, -0.2) is 4.98 Å². The minimum atomic E-state index is 0.907. The van der Waals surface area contributed by atoms with Crippen LogP contribution in [0.3, 0.4) is 0 Å². The smallest absolute Gasteiger partial charge is 0.185 e. The van der Waals surface area contributed by atoms with Crippen LogP contribution in [0.2, 0.25) is 0 Å². The summed E-state index contributed by atoms with van der Waals surface area (Å²) in [5.74, 6) is 1.81. The zero-order valence-corrected chi connectivity index (χ0v) is 10.2. The maximum absolute atomic E-state index is 4.42. The van der Waals surface area contributed by atoms with Gasteiger partial charge in [0.2, 0.25) is 0 Å². The van der Waals surface area contributed by atoms with Crippen LogP contribution in [0.1, 0.15) is 12.8 Å². The predicted molar refractivity (Wildman–Crippen MR) is 65.9 cm³/mol. The van der Waals surface area contributed by atoms with E-state index in [1.807, 2.05) is 6.20 Å². The third-order valence-corrected chi connectivity index (χ3v) is 5.10. The Labute approximate surface area is 100 Å². The Morgan fingerprint density at radius 1 is 1.12 bits per heavy atom. The summed E-state index contributed by atoms with van der Waals surface area (Å²) < 4.78 is 0. The third-order valence-electron chi connectivity index (χ3n) is 4.27. The molecule has 1 aliphatic carbocycles. The Bertz CT molecular complexity index is 360. The number of hydrogen-bond donors (Lipinski definition) is 0. The van der Waals surface area contributed by atoms with Crippen molar-refractivity contribution < 1.29 is 0 Å². The molecule has 4 heteroatoms. The van der Waals surface area contributed by atoms with Gasteiger partial charge in [-0.15, -0.1) is 11.3 Å². The summed E-state index contributed by atoms with van der Waals surface area (Å²) in [5.41, 5.74) is 0. The molecule has 2 unspecified atom stereocenters. The van der Waals surface area contributed by atoms with E-state index < -0.39 is 0 Å². The van der Waals surface area contributed by atoms with E-state index in [1.165, 1.54) is 44.2 Å². The molecule has 2 saturated heterocycles. The molecule has 1 aromatic heterocycles. The normalized spacial score (nSPS) is 34.6. The van der Waals surface area contributed by atoms with E-state index >= 15 is 0 Å². The first-order valence-corrected chi connectivity index (χ1v) is 7.16. The molecule has 4 rings (SSSR count). The van der Waals surface area contributed by atoms with Crippen LogP contribution in [0.15, 0.2) is 11.6 Å². The van der Waals surface area contributed by atoms with Gasteiger partial charge in [-0.3, -0.25) is 4.90 Å². The summed E-state index contributed by atoms with van der Waals surface area (Å²) in [6.45, 7) is 5.16. The lowest BCUT2D eigenvalue weighted by atomic mass is 10.0. The van der Waals surface area contributed by atoms with Gasteiger partial charge >= 0.3 is 0 Å². The van der Waals surface area contributed by atoms with Crippen molar-refractivity contribution >= 4 is 16.5 Å². The van der Waals surface area contributed by atoms with Gasteiger partial charge in [-0.2, -0.15) is 0 Å². The maximum Gasteiger partial charge on any atom is 0.185 e. The fourth-order valence-corrected chi connectivity index (χ4v) is 3.96. The summed E-state index contributed by atoms with van der Waals surface area (Å²) in [7, 11) is 0. The van der Waals surface area contributed by atoms with Gasteiger partial charge in [-0.05, 0) is 24.7 Å². The molecule has 0 N–H and O–H groups in total. The maximum atomic E-state index is 4.42. The monoisotopic (exact) mass is 235 g/mol. The summed E-state index contributed by atoms with van der Waals surface area (Å²) in [6, 6.07) is 0.957. The summed E-state index contributed by atoms with van der Waals surface area (Å²) >= 11 is 1.78. The van der Waals surface area contributed by atoms with Crippen LogP contribution in [0.5, 0.6) is 0 Å². The molecule has 1 saturated carbocycles. The molecule has 86 valence electrons. The average molecular weight is 235 g/mol. The first-order valence-electron chi connectivity index (χ1n) is 6.28. The number of hydrogen-bond acceptors (Lipinski definition) is 4. The van der Waals surface area contributed by atoms with E-state index in [1.54, 1.807) is 11.3 Å². The Balaban J connectivity index is 1.45. The van der Waals surface area contributed by atoms with Gasteiger partial charge in [0.15, 0.2) is 5.13 Å². The fraction of sp³-hybridized carbons (Fsp3) is 0.750. The molecule has 3 nitrogen and oxygen atoms in total. The minimum Gasteiger partial charge on any atom is -0.347 e. The number of nitrogens with zero attached hydrogens (tertiary/aromatic N) is 3. The molecular weight excluding hydrogens is 218 g/mol. The molecular formula is C12H17N3S. The van der Waals surface area contributed by atoms with Gasteiger partial charge in [-0.1, -0.05) is 0 Å². The Morgan fingerprint density at radius 3 is 2.44 bits per heavy atom. The first-order chi connectivity index (χ1) is 7.90. The standard InChI is InChI=1S/C12H17N3S/c1-2-11(1)14-5-9-7-15(8-10(9)6-14)12-13-3-4-16-12/h3-4,9-11H,1-2,5-8H2. The molecule has 2 aliphatic heterocycles. The molecule has 2 atom stereocenters. The second kappa shape index (κ2) is 3.44. The number of thiazole rings is 1. The highest BCUT2D eigenvalue weighted by Gasteiger charge is 2.44. The van der Waals surface area contributed by atoms with Crippen LogP contribution in [-0.4, -0.2) is 42.1 Å². The average Bonchev–Trinajstić information content (AvgIpc) is 2.74. The molecule has 3 aliphatic rings. The molecule has 1 aromatic rings. The van der Waals surface area contributed by atoms with Crippen molar-refractivity contribution in [1.82, 2.24) is 9.88 Å². The first kappa shape index (κ1) is 9.42. The predicted octanol–water partition coefficient (Wildman–Crippen LogP) is 1.67. The van der Waals surface area contributed by atoms with Crippen molar-refractivity contribution in [2.24, 2.45) is 11.8 Å². The number of anilines is 1. The van der Waals surface area contributed by atoms with Crippen LogP contribution in [0, 0.1) is 11.8 Å². The molecule has 0 bridgehead atoms. The lowest BCUT2D eigenvalue weighted by Crippen LogP contribution is -2.30. The van der Waals surface area contributed by atoms with E-state index in [0.717, 1.165) is 17.9 Å². The van der Waals surface area contributed by atoms with Gasteiger partial charge in [0.05, 0.1) is 0 Å². The second-order valence-corrected chi connectivity index (χ2v) is 6.30. The lowest BCUT2D eigenvalue weighted by molar-refractivity contribution is 0.306. The summed E-state index contributed by atoms with van der Waals surface area (Å²) in [4.78, 5) is 9.64. The van der Waals surface area contributed by atoms with Crippen LogP contribution in [0.4, 0.5) is 5.13 Å². The van der Waals surface area contributed by atoms with Crippen molar-refractivity contribution in [2.75, 3.05) is 31.1 Å². The summed E-state index contributed by atoms with van der Waals surface area (Å²) in [5, 5.41) is 3.31. The van der Waals surface area contributed by atoms with Gasteiger partial charge < -0.3 is 4.90 Å². The van der Waals surface area contributed by atoms with Gasteiger partial charge in [0.25, 0.3) is 0 Å². The molecule has 0 amide bonds. The number of fused-ring (bicyclic) bond motifs is 1. The third kappa shape index (κ3) is 1.47. The van der Waals surface area contributed by atoms with Crippen molar-refractivity contribution in [3.05, 3.63) is 11.6 Å². The molecule has 0 spiro atoms. The van der Waals surface area contributed by atoms with Crippen LogP contribution >= 0.6 is 11.3 Å². The van der Waals surface area contributed by atoms with Crippen LogP contribution in [-0.2, 0) is 0 Å². The fourth-order valence-electron chi connectivity index (χ4n) is 3.30. The lowest BCUT2D eigenvalue weighted by Gasteiger charge is -2.20. The molecule has 0 aromatic carbocycles. The largest absolute Gasteiger partial charge is 0.347 e. The Kier molecular flexibility index (Phi) is 2.03. The van der Waals surface area contributed by atoms with Crippen LogP contribution < -0.4 is 4.90 Å². The van der Waals surface area contributed by atoms with E-state index in [-0.39, 0.29) is 0 Å². The van der Waals surface area contributed by atoms with Crippen molar-refractivity contribution in [1.29, 1.82) is 0 Å². The number of likely N-dealkylation sites (tertiary alicyclic amines) is 1. The quantitative estimate of drug-likeness (QED) is 0.777. The van der Waals surface area contributed by atoms with Gasteiger partial charge in [0, 0.05) is 43.8 Å². The zero-order chi connectivity index (χ0) is 10.5. The van der Waals surface area contributed by atoms with E-state index in [4.69, 9.17) is 0 Å². The second-order valence-electron chi connectivity index (χ2n) is 5.42. The topological polar surface area (TPSA) is 19.4 Å². The van der Waals surface area contributed by atoms with Crippen molar-refractivity contribution in [2.45, 2.75) is 18.9 Å². The highest BCUT2D eigenvalue weighted by Crippen LogP contribution is 2.39. The number of rotatable bonds is 2. The molecule has 3 fully saturated rings.